The first-order chi connectivity index (χ1) is 12.9. The van der Waals surface area contributed by atoms with E-state index in [2.05, 4.69) is 0 Å². The van der Waals surface area contributed by atoms with Crippen LogP contribution in [0.2, 0.25) is 0 Å². The largest absolute Gasteiger partial charge is 0.289 e. The zero-order valence-electron chi connectivity index (χ0n) is 14.2. The molecule has 0 spiro atoms. The van der Waals surface area contributed by atoms with Crippen LogP contribution in [0.25, 0.3) is 12.2 Å². The van der Waals surface area contributed by atoms with E-state index in [0.29, 0.717) is 22.3 Å². The van der Waals surface area contributed by atoms with E-state index >= 15 is 0 Å². The zero-order valence-corrected chi connectivity index (χ0v) is 15.0. The molecule has 3 rings (SSSR count). The van der Waals surface area contributed by atoms with Crippen molar-refractivity contribution < 1.29 is 13.2 Å². The van der Waals surface area contributed by atoms with Gasteiger partial charge in [0.1, 0.15) is 0 Å². The Hall–Kier alpha value is -3.48. The summed E-state index contributed by atoms with van der Waals surface area (Å²) >= 11 is 0. The molecule has 2 aromatic rings. The van der Waals surface area contributed by atoms with Crippen molar-refractivity contribution >= 4 is 27.8 Å². The van der Waals surface area contributed by atoms with Gasteiger partial charge in [-0.2, -0.15) is 10.5 Å². The first-order valence-corrected chi connectivity index (χ1v) is 9.89. The molecular weight excluding hydrogens is 360 g/mol. The highest BCUT2D eigenvalue weighted by molar-refractivity contribution is 7.92. The summed E-state index contributed by atoms with van der Waals surface area (Å²) in [5.74, 6) is -0.925. The fourth-order valence-electron chi connectivity index (χ4n) is 2.79. The number of carbonyl (C=O) groups excluding carboxylic acids is 1. The molecule has 0 atom stereocenters. The molecule has 0 amide bonds. The van der Waals surface area contributed by atoms with Gasteiger partial charge in [0.2, 0.25) is 0 Å². The monoisotopic (exact) mass is 374 g/mol. The van der Waals surface area contributed by atoms with Gasteiger partial charge in [0.25, 0.3) is 0 Å². The molecule has 5 nitrogen and oxygen atoms in total. The lowest BCUT2D eigenvalue weighted by atomic mass is 10.00. The topological polar surface area (TPSA) is 98.8 Å². The average molecular weight is 374 g/mol. The summed E-state index contributed by atoms with van der Waals surface area (Å²) < 4.78 is 24.6. The Morgan fingerprint density at radius 1 is 0.741 bits per heavy atom. The number of carbonyl (C=O) groups is 1. The second-order valence-electron chi connectivity index (χ2n) is 6.17. The van der Waals surface area contributed by atoms with Gasteiger partial charge in [0, 0.05) is 11.1 Å². The molecular formula is C21H14N2O3S. The summed E-state index contributed by atoms with van der Waals surface area (Å²) in [5, 5.41) is 17.7. The lowest BCUT2D eigenvalue weighted by molar-refractivity contribution is -0.112. The molecule has 6 heteroatoms. The minimum absolute atomic E-state index is 0.200. The fourth-order valence-corrected chi connectivity index (χ4v) is 4.27. The minimum Gasteiger partial charge on any atom is -0.289 e. The lowest BCUT2D eigenvalue weighted by Gasteiger charge is -2.17. The van der Waals surface area contributed by atoms with Crippen molar-refractivity contribution in [3.63, 3.8) is 0 Å². The molecule has 1 fully saturated rings. The quantitative estimate of drug-likeness (QED) is 0.753. The maximum Gasteiger partial charge on any atom is 0.187 e. The second-order valence-corrected chi connectivity index (χ2v) is 8.23. The van der Waals surface area contributed by atoms with Crippen molar-refractivity contribution in [3.8, 4) is 12.1 Å². The van der Waals surface area contributed by atoms with Crippen LogP contribution in [-0.4, -0.2) is 25.7 Å². The number of hydrogen-bond donors (Lipinski definition) is 0. The first kappa shape index (κ1) is 18.3. The third-order valence-corrected chi connectivity index (χ3v) is 5.60. The van der Waals surface area contributed by atoms with E-state index in [9.17, 15) is 13.2 Å². The number of hydrogen-bond acceptors (Lipinski definition) is 5. The third-order valence-electron chi connectivity index (χ3n) is 4.10. The van der Waals surface area contributed by atoms with Gasteiger partial charge in [-0.05, 0) is 47.5 Å². The van der Waals surface area contributed by atoms with Gasteiger partial charge >= 0.3 is 0 Å². The van der Waals surface area contributed by atoms with E-state index in [-0.39, 0.29) is 28.4 Å². The van der Waals surface area contributed by atoms with Crippen molar-refractivity contribution in [1.29, 1.82) is 10.5 Å². The molecule has 1 heterocycles. The molecule has 0 saturated carbocycles. The Bertz CT molecular complexity index is 1060. The van der Waals surface area contributed by atoms with E-state index in [4.69, 9.17) is 10.5 Å². The summed E-state index contributed by atoms with van der Waals surface area (Å²) in [6, 6.07) is 17.2. The SMILES string of the molecule is N#Cc1ccc(/C=C2\CS(=O)(=O)C/C(=C\c3ccc(C#N)cc3)C2=O)cc1. The second kappa shape index (κ2) is 7.41. The van der Waals surface area contributed by atoms with Crippen molar-refractivity contribution in [2.45, 2.75) is 0 Å². The van der Waals surface area contributed by atoms with Crippen molar-refractivity contribution in [1.82, 2.24) is 0 Å². The van der Waals surface area contributed by atoms with E-state index in [1.807, 2.05) is 12.1 Å². The van der Waals surface area contributed by atoms with Crippen LogP contribution in [0.4, 0.5) is 0 Å². The Labute approximate surface area is 157 Å². The summed E-state index contributed by atoms with van der Waals surface area (Å²) in [6.45, 7) is 0. The Balaban J connectivity index is 1.97. The van der Waals surface area contributed by atoms with Crippen molar-refractivity contribution in [3.05, 3.63) is 81.9 Å². The van der Waals surface area contributed by atoms with Crippen LogP contribution >= 0.6 is 0 Å². The summed E-state index contributed by atoms with van der Waals surface area (Å²) in [7, 11) is -3.44. The maximum absolute atomic E-state index is 12.8. The zero-order chi connectivity index (χ0) is 19.4. The van der Waals surface area contributed by atoms with E-state index < -0.39 is 9.84 Å². The van der Waals surface area contributed by atoms with Crippen LogP contribution in [0.3, 0.4) is 0 Å². The van der Waals surface area contributed by atoms with Crippen molar-refractivity contribution in [2.24, 2.45) is 0 Å². The predicted octanol–water partition coefficient (Wildman–Crippen LogP) is 2.89. The molecule has 1 saturated heterocycles. The van der Waals surface area contributed by atoms with E-state index in [1.165, 1.54) is 0 Å². The third kappa shape index (κ3) is 4.38. The molecule has 2 aromatic carbocycles. The highest BCUT2D eigenvalue weighted by Crippen LogP contribution is 2.24. The first-order valence-electron chi connectivity index (χ1n) is 8.07. The standard InChI is InChI=1S/C21H14N2O3S/c22-11-17-5-1-15(2-6-17)9-19-13-27(25,26)14-20(21(19)24)10-16-3-7-18(12-23)8-4-16/h1-10H,13-14H2/b19-9+,20-10+. The van der Waals surface area contributed by atoms with Gasteiger partial charge in [0.05, 0.1) is 34.8 Å². The van der Waals surface area contributed by atoms with Crippen LogP contribution in [0, 0.1) is 22.7 Å². The number of nitriles is 2. The van der Waals surface area contributed by atoms with Crippen LogP contribution in [0.15, 0.2) is 59.7 Å². The predicted molar refractivity (Wildman–Crippen MR) is 102 cm³/mol. The van der Waals surface area contributed by atoms with Crippen molar-refractivity contribution in [2.75, 3.05) is 11.5 Å². The van der Waals surface area contributed by atoms with Gasteiger partial charge in [-0.15, -0.1) is 0 Å². The lowest BCUT2D eigenvalue weighted by Crippen LogP contribution is -2.28. The number of benzene rings is 2. The summed E-state index contributed by atoms with van der Waals surface area (Å²) in [6.07, 6.45) is 3.10. The van der Waals surface area contributed by atoms with Crippen LogP contribution in [-0.2, 0) is 14.6 Å². The van der Waals surface area contributed by atoms with Gasteiger partial charge in [-0.3, -0.25) is 4.79 Å². The highest BCUT2D eigenvalue weighted by atomic mass is 32.2. The number of Topliss-reactive ketones (excluding diaryl/α,β-unsaturated/α-hetero) is 1. The molecule has 1 aliphatic heterocycles. The molecule has 0 unspecified atom stereocenters. The highest BCUT2D eigenvalue weighted by Gasteiger charge is 2.30. The Morgan fingerprint density at radius 3 is 1.44 bits per heavy atom. The average Bonchev–Trinajstić information content (AvgIpc) is 2.66. The number of nitrogens with zero attached hydrogens (tertiary/aromatic N) is 2. The number of sulfone groups is 1. The summed E-state index contributed by atoms with van der Waals surface area (Å²) in [4.78, 5) is 12.8. The molecule has 0 aromatic heterocycles. The summed E-state index contributed by atoms with van der Waals surface area (Å²) in [5.41, 5.74) is 2.69. The molecule has 27 heavy (non-hydrogen) atoms. The molecule has 0 radical (unpaired) electrons. The fraction of sp³-hybridized carbons (Fsp3) is 0.0952. The number of rotatable bonds is 2. The van der Waals surface area contributed by atoms with E-state index in [0.717, 1.165) is 0 Å². The molecule has 1 aliphatic rings. The van der Waals surface area contributed by atoms with Gasteiger partial charge < -0.3 is 0 Å². The normalized spacial score (nSPS) is 18.8. The van der Waals surface area contributed by atoms with Gasteiger partial charge in [-0.1, -0.05) is 24.3 Å². The molecule has 0 N–H and O–H groups in total. The molecule has 0 bridgehead atoms. The van der Waals surface area contributed by atoms with Gasteiger partial charge in [-0.25, -0.2) is 8.42 Å². The van der Waals surface area contributed by atoms with Crippen LogP contribution in [0.1, 0.15) is 22.3 Å². The molecule has 132 valence electrons. The van der Waals surface area contributed by atoms with Crippen LogP contribution in [0.5, 0.6) is 0 Å². The number of ketones is 1. The molecule has 0 aliphatic carbocycles. The Morgan fingerprint density at radius 2 is 1.11 bits per heavy atom. The van der Waals surface area contributed by atoms with Gasteiger partial charge in [0.15, 0.2) is 15.6 Å². The maximum atomic E-state index is 12.8. The minimum atomic E-state index is -3.44. The van der Waals surface area contributed by atoms with E-state index in [1.54, 1.807) is 60.7 Å². The smallest absolute Gasteiger partial charge is 0.187 e. The van der Waals surface area contributed by atoms with Crippen LogP contribution < -0.4 is 0 Å². The Kier molecular flexibility index (Phi) is 5.03.